The number of hydrogen-bond acceptors (Lipinski definition) is 4. The lowest BCUT2D eigenvalue weighted by atomic mass is 9.67. The maximum absolute atomic E-state index is 12.6. The fraction of sp³-hybridized carbons (Fsp3) is 0.478. The molecule has 2 aromatic rings. The van der Waals surface area contributed by atoms with Crippen molar-refractivity contribution in [2.24, 2.45) is 0 Å². The molecule has 1 aromatic heterocycles. The van der Waals surface area contributed by atoms with E-state index in [-0.39, 0.29) is 35.2 Å². The Labute approximate surface area is 161 Å². The van der Waals surface area contributed by atoms with Gasteiger partial charge in [0.15, 0.2) is 11.6 Å². The summed E-state index contributed by atoms with van der Waals surface area (Å²) in [6.07, 6.45) is 4.01. The zero-order chi connectivity index (χ0) is 19.8. The Morgan fingerprint density at radius 1 is 0.889 bits per heavy atom. The lowest BCUT2D eigenvalue weighted by Crippen LogP contribution is -2.36. The van der Waals surface area contributed by atoms with Gasteiger partial charge in [0.1, 0.15) is 5.69 Å². The highest BCUT2D eigenvalue weighted by Gasteiger charge is 2.40. The van der Waals surface area contributed by atoms with E-state index in [1.165, 1.54) is 0 Å². The molecule has 0 saturated heterocycles. The van der Waals surface area contributed by atoms with Crippen molar-refractivity contribution >= 4 is 11.6 Å². The maximum Gasteiger partial charge on any atom is 0.183 e. The summed E-state index contributed by atoms with van der Waals surface area (Å²) in [5.74, 6) is -0.138. The monoisotopic (exact) mass is 364 g/mol. The SMILES string of the molecule is Cc1ccc(C(=O)CCC(=O)c2cnc3c(n2)C(C)(C)CCC3(C)C)cc1. The molecule has 1 aliphatic rings. The Morgan fingerprint density at radius 2 is 1.44 bits per heavy atom. The van der Waals surface area contributed by atoms with E-state index in [9.17, 15) is 9.59 Å². The van der Waals surface area contributed by atoms with Crippen LogP contribution in [0.25, 0.3) is 0 Å². The number of aryl methyl sites for hydroxylation is 1. The first-order chi connectivity index (χ1) is 12.6. The first-order valence-electron chi connectivity index (χ1n) is 9.61. The minimum absolute atomic E-state index is 0.0178. The summed E-state index contributed by atoms with van der Waals surface area (Å²) < 4.78 is 0. The molecule has 4 nitrogen and oxygen atoms in total. The lowest BCUT2D eigenvalue weighted by molar-refractivity contribution is 0.0914. The van der Waals surface area contributed by atoms with Crippen LogP contribution in [0, 0.1) is 6.92 Å². The van der Waals surface area contributed by atoms with Crippen molar-refractivity contribution in [3.63, 3.8) is 0 Å². The fourth-order valence-corrected chi connectivity index (χ4v) is 3.59. The number of carbonyl (C=O) groups excluding carboxylic acids is 2. The highest BCUT2D eigenvalue weighted by Crippen LogP contribution is 2.43. The number of carbonyl (C=O) groups is 2. The molecule has 0 radical (unpaired) electrons. The molecule has 0 amide bonds. The summed E-state index contributed by atoms with van der Waals surface area (Å²) in [5, 5.41) is 0. The molecule has 3 rings (SSSR count). The van der Waals surface area contributed by atoms with E-state index in [0.29, 0.717) is 11.3 Å². The molecule has 0 N–H and O–H groups in total. The molecular formula is C23H28N2O2. The molecule has 1 aliphatic carbocycles. The van der Waals surface area contributed by atoms with Crippen molar-refractivity contribution in [3.05, 3.63) is 58.7 Å². The van der Waals surface area contributed by atoms with Gasteiger partial charge in [-0.2, -0.15) is 0 Å². The van der Waals surface area contributed by atoms with Crippen molar-refractivity contribution in [2.45, 2.75) is 71.1 Å². The van der Waals surface area contributed by atoms with Crippen LogP contribution in [-0.4, -0.2) is 21.5 Å². The van der Waals surface area contributed by atoms with E-state index in [4.69, 9.17) is 4.98 Å². The first kappa shape index (κ1) is 19.4. The fourth-order valence-electron chi connectivity index (χ4n) is 3.59. The van der Waals surface area contributed by atoms with Crippen LogP contribution in [-0.2, 0) is 10.8 Å². The van der Waals surface area contributed by atoms with Gasteiger partial charge in [-0.25, -0.2) is 4.98 Å². The van der Waals surface area contributed by atoms with Crippen LogP contribution < -0.4 is 0 Å². The van der Waals surface area contributed by atoms with Crippen LogP contribution in [0.4, 0.5) is 0 Å². The first-order valence-corrected chi connectivity index (χ1v) is 9.61. The number of Topliss-reactive ketones (excluding diaryl/α,β-unsaturated/α-hetero) is 2. The minimum Gasteiger partial charge on any atom is -0.294 e. The molecule has 27 heavy (non-hydrogen) atoms. The van der Waals surface area contributed by atoms with E-state index >= 15 is 0 Å². The molecule has 0 unspecified atom stereocenters. The van der Waals surface area contributed by atoms with Gasteiger partial charge in [0.05, 0.1) is 17.6 Å². The van der Waals surface area contributed by atoms with Gasteiger partial charge >= 0.3 is 0 Å². The van der Waals surface area contributed by atoms with Crippen molar-refractivity contribution in [2.75, 3.05) is 0 Å². The molecule has 1 aromatic carbocycles. The molecule has 4 heteroatoms. The number of hydrogen-bond donors (Lipinski definition) is 0. The van der Waals surface area contributed by atoms with Crippen LogP contribution >= 0.6 is 0 Å². The number of nitrogens with zero attached hydrogens (tertiary/aromatic N) is 2. The van der Waals surface area contributed by atoms with Crippen molar-refractivity contribution in [1.29, 1.82) is 0 Å². The third-order valence-corrected chi connectivity index (χ3v) is 5.67. The van der Waals surface area contributed by atoms with E-state index in [1.54, 1.807) is 6.20 Å². The molecule has 0 spiro atoms. The third kappa shape index (κ3) is 4.00. The predicted molar refractivity (Wildman–Crippen MR) is 106 cm³/mol. The summed E-state index contributed by atoms with van der Waals surface area (Å²) in [4.78, 5) is 34.3. The highest BCUT2D eigenvalue weighted by atomic mass is 16.1. The highest BCUT2D eigenvalue weighted by molar-refractivity contribution is 6.01. The Bertz CT molecular complexity index is 880. The average Bonchev–Trinajstić information content (AvgIpc) is 2.63. The number of benzene rings is 1. The quantitative estimate of drug-likeness (QED) is 0.702. The standard InChI is InChI=1S/C23H28N2O2/c1-15-6-8-16(9-7-15)18(26)10-11-19(27)17-14-24-20-21(25-17)23(4,5)13-12-22(20,2)3/h6-9,14H,10-13H2,1-5H3. The van der Waals surface area contributed by atoms with Gasteiger partial charge in [-0.15, -0.1) is 0 Å². The maximum atomic E-state index is 12.6. The molecule has 0 atom stereocenters. The molecule has 1 heterocycles. The Morgan fingerprint density at radius 3 is 2.07 bits per heavy atom. The smallest absolute Gasteiger partial charge is 0.183 e. The zero-order valence-corrected chi connectivity index (χ0v) is 16.9. The third-order valence-electron chi connectivity index (χ3n) is 5.67. The Kier molecular flexibility index (Phi) is 5.02. The van der Waals surface area contributed by atoms with E-state index < -0.39 is 0 Å². The number of ketones is 2. The van der Waals surface area contributed by atoms with Crippen LogP contribution in [0.1, 0.15) is 91.2 Å². The molecule has 0 fully saturated rings. The van der Waals surface area contributed by atoms with E-state index in [1.807, 2.05) is 31.2 Å². The van der Waals surface area contributed by atoms with Gasteiger partial charge in [0.2, 0.25) is 0 Å². The van der Waals surface area contributed by atoms with Gasteiger partial charge in [0, 0.05) is 29.2 Å². The lowest BCUT2D eigenvalue weighted by Gasteiger charge is -2.39. The average molecular weight is 364 g/mol. The number of rotatable bonds is 5. The number of fused-ring (bicyclic) bond motifs is 1. The predicted octanol–water partition coefficient (Wildman–Crippen LogP) is 4.98. The summed E-state index contributed by atoms with van der Waals surface area (Å²) >= 11 is 0. The van der Waals surface area contributed by atoms with Crippen LogP contribution in [0.15, 0.2) is 30.5 Å². The van der Waals surface area contributed by atoms with Gasteiger partial charge in [-0.1, -0.05) is 57.5 Å². The molecule has 0 aliphatic heterocycles. The zero-order valence-electron chi connectivity index (χ0n) is 16.9. The topological polar surface area (TPSA) is 59.9 Å². The summed E-state index contributed by atoms with van der Waals surface area (Å²) in [6.45, 7) is 10.7. The van der Waals surface area contributed by atoms with Gasteiger partial charge < -0.3 is 0 Å². The van der Waals surface area contributed by atoms with Crippen LogP contribution in [0.2, 0.25) is 0 Å². The molecule has 0 saturated carbocycles. The van der Waals surface area contributed by atoms with Crippen molar-refractivity contribution in [3.8, 4) is 0 Å². The van der Waals surface area contributed by atoms with Crippen LogP contribution in [0.5, 0.6) is 0 Å². The normalized spacial score (nSPS) is 17.2. The van der Waals surface area contributed by atoms with Gasteiger partial charge in [0.25, 0.3) is 0 Å². The second-order valence-corrected chi connectivity index (χ2v) is 8.93. The van der Waals surface area contributed by atoms with Crippen molar-refractivity contribution in [1.82, 2.24) is 9.97 Å². The van der Waals surface area contributed by atoms with E-state index in [0.717, 1.165) is 29.8 Å². The van der Waals surface area contributed by atoms with Gasteiger partial charge in [-0.3, -0.25) is 14.6 Å². The Balaban J connectivity index is 1.76. The molecular weight excluding hydrogens is 336 g/mol. The molecule has 0 bridgehead atoms. The van der Waals surface area contributed by atoms with Gasteiger partial charge in [-0.05, 0) is 19.8 Å². The van der Waals surface area contributed by atoms with E-state index in [2.05, 4.69) is 32.7 Å². The largest absolute Gasteiger partial charge is 0.294 e. The number of aromatic nitrogens is 2. The summed E-state index contributed by atoms with van der Waals surface area (Å²) in [7, 11) is 0. The summed E-state index contributed by atoms with van der Waals surface area (Å²) in [6, 6.07) is 7.44. The Hall–Kier alpha value is -2.36. The second kappa shape index (κ2) is 6.99. The molecule has 142 valence electrons. The van der Waals surface area contributed by atoms with Crippen LogP contribution in [0.3, 0.4) is 0 Å². The minimum atomic E-state index is -0.120. The second-order valence-electron chi connectivity index (χ2n) is 8.93. The van der Waals surface area contributed by atoms with Crippen molar-refractivity contribution < 1.29 is 9.59 Å². The summed E-state index contributed by atoms with van der Waals surface area (Å²) in [5.41, 5.74) is 3.93.